The van der Waals surface area contributed by atoms with Crippen molar-refractivity contribution in [2.75, 3.05) is 0 Å². The number of nitrogens with zero attached hydrogens (tertiary/aromatic N) is 2. The van der Waals surface area contributed by atoms with Crippen LogP contribution in [-0.4, -0.2) is 23.1 Å². The highest BCUT2D eigenvalue weighted by atomic mass is 16.3. The molecule has 0 amide bonds. The van der Waals surface area contributed by atoms with Crippen LogP contribution in [0.1, 0.15) is 44.9 Å². The summed E-state index contributed by atoms with van der Waals surface area (Å²) < 4.78 is 0. The molecule has 100 valence electrons. The molecular formula is C16H20N2O. The van der Waals surface area contributed by atoms with E-state index in [1.54, 1.807) is 11.1 Å². The summed E-state index contributed by atoms with van der Waals surface area (Å²) in [4.78, 5) is 0. The summed E-state index contributed by atoms with van der Waals surface area (Å²) in [7, 11) is 0. The van der Waals surface area contributed by atoms with Crippen LogP contribution >= 0.6 is 0 Å². The van der Waals surface area contributed by atoms with Crippen LogP contribution in [0.4, 0.5) is 0 Å². The summed E-state index contributed by atoms with van der Waals surface area (Å²) in [5.74, 6) is 1.27. The third kappa shape index (κ3) is 1.91. The van der Waals surface area contributed by atoms with Crippen LogP contribution in [0.25, 0.3) is 0 Å². The predicted octanol–water partition coefficient (Wildman–Crippen LogP) is 3.01. The lowest BCUT2D eigenvalue weighted by Crippen LogP contribution is -2.24. The largest absolute Gasteiger partial charge is 0.393 e. The maximum Gasteiger partial charge on any atom is 0.0725 e. The van der Waals surface area contributed by atoms with Crippen molar-refractivity contribution in [2.45, 2.75) is 51.0 Å². The van der Waals surface area contributed by atoms with Crippen molar-refractivity contribution in [1.82, 2.24) is 0 Å². The standard InChI is InChI=1S/C16H20N2O/c19-13-4-5-14-10(6-13)2-1-3-11-8-16-12(7-15(11)14)9-17-18-16/h7,9-11,13,19H,1-6,8H2. The van der Waals surface area contributed by atoms with Crippen LogP contribution in [0, 0.1) is 11.8 Å². The fraction of sp³-hybridized carbons (Fsp3) is 0.625. The van der Waals surface area contributed by atoms with Gasteiger partial charge in [0.05, 0.1) is 18.0 Å². The molecule has 0 aromatic carbocycles. The van der Waals surface area contributed by atoms with Gasteiger partial charge < -0.3 is 5.11 Å². The molecule has 3 heteroatoms. The van der Waals surface area contributed by atoms with Crippen LogP contribution in [0.3, 0.4) is 0 Å². The van der Waals surface area contributed by atoms with Gasteiger partial charge in [0.15, 0.2) is 0 Å². The topological polar surface area (TPSA) is 45.0 Å². The quantitative estimate of drug-likeness (QED) is 0.711. The Morgan fingerprint density at radius 3 is 3.00 bits per heavy atom. The monoisotopic (exact) mass is 256 g/mol. The van der Waals surface area contributed by atoms with E-state index in [-0.39, 0.29) is 6.10 Å². The Morgan fingerprint density at radius 2 is 2.05 bits per heavy atom. The van der Waals surface area contributed by atoms with E-state index in [0.717, 1.165) is 25.7 Å². The molecule has 3 nitrogen and oxygen atoms in total. The van der Waals surface area contributed by atoms with Crippen molar-refractivity contribution in [3.05, 3.63) is 22.8 Å². The van der Waals surface area contributed by atoms with E-state index < -0.39 is 0 Å². The molecule has 1 fully saturated rings. The molecule has 0 spiro atoms. The number of hydrogen-bond acceptors (Lipinski definition) is 3. The Labute approximate surface area is 113 Å². The third-order valence-corrected chi connectivity index (χ3v) is 5.17. The first-order chi connectivity index (χ1) is 9.31. The lowest BCUT2D eigenvalue weighted by atomic mass is 9.75. The van der Waals surface area contributed by atoms with Gasteiger partial charge in [0.25, 0.3) is 0 Å². The van der Waals surface area contributed by atoms with Gasteiger partial charge in [0.1, 0.15) is 0 Å². The molecule has 1 saturated carbocycles. The smallest absolute Gasteiger partial charge is 0.0725 e. The Bertz CT molecular complexity index is 527. The number of rotatable bonds is 0. The highest BCUT2D eigenvalue weighted by Crippen LogP contribution is 2.44. The van der Waals surface area contributed by atoms with Gasteiger partial charge in [0, 0.05) is 5.57 Å². The van der Waals surface area contributed by atoms with Gasteiger partial charge in [-0.25, -0.2) is 0 Å². The van der Waals surface area contributed by atoms with Gasteiger partial charge in [-0.2, -0.15) is 10.2 Å². The Kier molecular flexibility index (Phi) is 2.69. The lowest BCUT2D eigenvalue weighted by molar-refractivity contribution is 0.120. The molecule has 0 aromatic heterocycles. The first-order valence-electron chi connectivity index (χ1n) is 7.54. The second-order valence-corrected chi connectivity index (χ2v) is 6.33. The first-order valence-corrected chi connectivity index (χ1v) is 7.54. The van der Waals surface area contributed by atoms with Gasteiger partial charge in [-0.05, 0) is 62.0 Å². The zero-order chi connectivity index (χ0) is 12.8. The molecule has 4 aliphatic rings. The van der Waals surface area contributed by atoms with Gasteiger partial charge in [0.2, 0.25) is 0 Å². The summed E-state index contributed by atoms with van der Waals surface area (Å²) in [6.07, 6.45) is 12.1. The summed E-state index contributed by atoms with van der Waals surface area (Å²) in [5, 5.41) is 18.2. The molecule has 19 heavy (non-hydrogen) atoms. The lowest BCUT2D eigenvalue weighted by Gasteiger charge is -2.31. The third-order valence-electron chi connectivity index (χ3n) is 5.17. The summed E-state index contributed by atoms with van der Waals surface area (Å²) in [6, 6.07) is 0. The van der Waals surface area contributed by atoms with E-state index >= 15 is 0 Å². The van der Waals surface area contributed by atoms with Crippen molar-refractivity contribution < 1.29 is 5.11 Å². The maximum atomic E-state index is 9.91. The van der Waals surface area contributed by atoms with E-state index in [1.165, 1.54) is 30.5 Å². The second-order valence-electron chi connectivity index (χ2n) is 6.33. The molecule has 0 radical (unpaired) electrons. The van der Waals surface area contributed by atoms with Crippen molar-refractivity contribution in [1.29, 1.82) is 0 Å². The molecule has 4 rings (SSSR count). The van der Waals surface area contributed by atoms with Crippen molar-refractivity contribution >= 4 is 11.9 Å². The minimum atomic E-state index is -0.0766. The van der Waals surface area contributed by atoms with E-state index in [2.05, 4.69) is 16.3 Å². The average Bonchev–Trinajstić information content (AvgIpc) is 2.78. The minimum Gasteiger partial charge on any atom is -0.393 e. The Morgan fingerprint density at radius 1 is 1.16 bits per heavy atom. The normalized spacial score (nSPS) is 37.0. The van der Waals surface area contributed by atoms with Crippen LogP contribution in [0.15, 0.2) is 33.0 Å². The number of hydrogen-bond donors (Lipinski definition) is 1. The van der Waals surface area contributed by atoms with Gasteiger partial charge in [-0.3, -0.25) is 0 Å². The van der Waals surface area contributed by atoms with Gasteiger partial charge in [-0.1, -0.05) is 12.0 Å². The van der Waals surface area contributed by atoms with Crippen molar-refractivity contribution in [3.8, 4) is 0 Å². The Hall–Kier alpha value is -1.22. The number of aliphatic hydroxyl groups excluding tert-OH is 1. The molecule has 0 aromatic rings. The van der Waals surface area contributed by atoms with E-state index in [1.807, 2.05) is 6.21 Å². The van der Waals surface area contributed by atoms with Crippen LogP contribution in [0.2, 0.25) is 0 Å². The molecule has 3 unspecified atom stereocenters. The van der Waals surface area contributed by atoms with E-state index in [4.69, 9.17) is 0 Å². The zero-order valence-electron chi connectivity index (χ0n) is 11.2. The molecule has 0 saturated heterocycles. The summed E-state index contributed by atoms with van der Waals surface area (Å²) in [5.41, 5.74) is 5.62. The molecule has 1 N–H and O–H groups in total. The zero-order valence-corrected chi connectivity index (χ0v) is 11.2. The molecule has 1 aliphatic heterocycles. The highest BCUT2D eigenvalue weighted by molar-refractivity contribution is 6.19. The summed E-state index contributed by atoms with van der Waals surface area (Å²) >= 11 is 0. The maximum absolute atomic E-state index is 9.91. The Balaban J connectivity index is 1.78. The van der Waals surface area contributed by atoms with E-state index in [0.29, 0.717) is 11.8 Å². The molecule has 3 aliphatic carbocycles. The number of allylic oxidation sites excluding steroid dienone is 4. The number of fused-ring (bicyclic) bond motifs is 3. The van der Waals surface area contributed by atoms with Crippen molar-refractivity contribution in [3.63, 3.8) is 0 Å². The number of aliphatic hydroxyl groups is 1. The molecule has 1 heterocycles. The fourth-order valence-corrected chi connectivity index (χ4v) is 4.21. The highest BCUT2D eigenvalue weighted by Gasteiger charge is 2.34. The average molecular weight is 256 g/mol. The fourth-order valence-electron chi connectivity index (χ4n) is 4.21. The second kappa shape index (κ2) is 4.41. The van der Waals surface area contributed by atoms with Crippen LogP contribution in [-0.2, 0) is 0 Å². The molecular weight excluding hydrogens is 236 g/mol. The van der Waals surface area contributed by atoms with Gasteiger partial charge >= 0.3 is 0 Å². The van der Waals surface area contributed by atoms with Crippen LogP contribution in [0.5, 0.6) is 0 Å². The first kappa shape index (κ1) is 11.6. The van der Waals surface area contributed by atoms with Crippen LogP contribution < -0.4 is 0 Å². The summed E-state index contributed by atoms with van der Waals surface area (Å²) in [6.45, 7) is 0. The molecule has 3 atom stereocenters. The van der Waals surface area contributed by atoms with Gasteiger partial charge in [-0.15, -0.1) is 0 Å². The SMILES string of the molecule is OC1CCC2=C3C=C4C=NN=C4CC3CCCC2C1. The minimum absolute atomic E-state index is 0.0766. The van der Waals surface area contributed by atoms with Crippen molar-refractivity contribution in [2.24, 2.45) is 22.0 Å². The predicted molar refractivity (Wildman–Crippen MR) is 76.3 cm³/mol. The molecule has 0 bridgehead atoms. The van der Waals surface area contributed by atoms with E-state index in [9.17, 15) is 5.11 Å².